The van der Waals surface area contributed by atoms with Gasteiger partial charge in [0, 0.05) is 30.4 Å². The van der Waals surface area contributed by atoms with Crippen LogP contribution < -0.4 is 10.6 Å². The summed E-state index contributed by atoms with van der Waals surface area (Å²) in [6, 6.07) is 2.09. The van der Waals surface area contributed by atoms with E-state index < -0.39 is 0 Å². The molecule has 22 heavy (non-hydrogen) atoms. The van der Waals surface area contributed by atoms with Gasteiger partial charge in [0.2, 0.25) is 5.91 Å². The molecule has 2 aromatic rings. The molecule has 1 aliphatic rings. The fourth-order valence-corrected chi connectivity index (χ4v) is 3.09. The summed E-state index contributed by atoms with van der Waals surface area (Å²) in [5, 5.41) is 4.63. The molecule has 6 heteroatoms. The van der Waals surface area contributed by atoms with Crippen molar-refractivity contribution in [3.8, 4) is 0 Å². The molecular formula is C16H23N5O. The highest BCUT2D eigenvalue weighted by molar-refractivity contribution is 5.77. The van der Waals surface area contributed by atoms with Crippen LogP contribution in [0.3, 0.4) is 0 Å². The number of hydrogen-bond donors (Lipinski definition) is 1. The van der Waals surface area contributed by atoms with Crippen molar-refractivity contribution in [3.05, 3.63) is 23.0 Å². The number of aromatic nitrogens is 3. The lowest BCUT2D eigenvalue weighted by atomic mass is 9.97. The van der Waals surface area contributed by atoms with E-state index in [-0.39, 0.29) is 11.8 Å². The first-order valence-corrected chi connectivity index (χ1v) is 7.91. The van der Waals surface area contributed by atoms with E-state index in [4.69, 9.17) is 10.7 Å². The van der Waals surface area contributed by atoms with Gasteiger partial charge in [-0.1, -0.05) is 6.92 Å². The van der Waals surface area contributed by atoms with E-state index in [0.717, 1.165) is 54.2 Å². The molecule has 1 fully saturated rings. The number of rotatable bonds is 3. The van der Waals surface area contributed by atoms with Gasteiger partial charge in [-0.3, -0.25) is 4.79 Å². The summed E-state index contributed by atoms with van der Waals surface area (Å²) >= 11 is 0. The van der Waals surface area contributed by atoms with Crippen molar-refractivity contribution < 1.29 is 4.79 Å². The summed E-state index contributed by atoms with van der Waals surface area (Å²) in [4.78, 5) is 18.5. The molecule has 1 aliphatic heterocycles. The molecule has 0 aromatic carbocycles. The second kappa shape index (κ2) is 5.59. The Balaban J connectivity index is 2.09. The fraction of sp³-hybridized carbons (Fsp3) is 0.562. The molecule has 6 nitrogen and oxygen atoms in total. The summed E-state index contributed by atoms with van der Waals surface area (Å²) in [6.45, 7) is 7.74. The molecule has 0 spiro atoms. The molecule has 1 atom stereocenters. The van der Waals surface area contributed by atoms with Gasteiger partial charge in [-0.05, 0) is 33.1 Å². The maximum atomic E-state index is 11.5. The fourth-order valence-electron chi connectivity index (χ4n) is 3.09. The maximum Gasteiger partial charge on any atom is 0.222 e. The third-order valence-corrected chi connectivity index (χ3v) is 4.60. The summed E-state index contributed by atoms with van der Waals surface area (Å²) in [6.07, 6.45) is 2.72. The van der Waals surface area contributed by atoms with Crippen LogP contribution in [-0.2, 0) is 11.2 Å². The number of primary amides is 1. The van der Waals surface area contributed by atoms with Gasteiger partial charge in [0.15, 0.2) is 5.65 Å². The number of hydrogen-bond acceptors (Lipinski definition) is 4. The zero-order valence-corrected chi connectivity index (χ0v) is 13.5. The van der Waals surface area contributed by atoms with Crippen LogP contribution in [0.25, 0.3) is 5.65 Å². The Morgan fingerprint density at radius 2 is 2.23 bits per heavy atom. The average Bonchev–Trinajstić information content (AvgIpc) is 2.81. The first-order valence-electron chi connectivity index (χ1n) is 7.91. The molecule has 0 aliphatic carbocycles. The van der Waals surface area contributed by atoms with E-state index >= 15 is 0 Å². The lowest BCUT2D eigenvalue weighted by Gasteiger charge is -2.33. The third-order valence-electron chi connectivity index (χ3n) is 4.60. The molecule has 1 saturated heterocycles. The summed E-state index contributed by atoms with van der Waals surface area (Å²) in [5.41, 5.74) is 9.56. The van der Waals surface area contributed by atoms with E-state index in [1.165, 1.54) is 0 Å². The first kappa shape index (κ1) is 14.8. The highest BCUT2D eigenvalue weighted by Gasteiger charge is 2.26. The summed E-state index contributed by atoms with van der Waals surface area (Å²) in [7, 11) is 0. The van der Waals surface area contributed by atoms with Crippen LogP contribution in [0.2, 0.25) is 0 Å². The monoisotopic (exact) mass is 301 g/mol. The number of amides is 1. The largest absolute Gasteiger partial charge is 0.369 e. The topological polar surface area (TPSA) is 76.5 Å². The predicted molar refractivity (Wildman–Crippen MR) is 86.0 cm³/mol. The molecule has 0 radical (unpaired) electrons. The van der Waals surface area contributed by atoms with Crippen molar-refractivity contribution in [2.45, 2.75) is 40.0 Å². The Morgan fingerprint density at radius 1 is 1.45 bits per heavy atom. The SMILES string of the molecule is CCc1cc(N2CCC[C@@H](C(N)=O)C2)n2nc(C)c(C)c2n1. The first-order chi connectivity index (χ1) is 10.5. The molecule has 3 rings (SSSR count). The van der Waals surface area contributed by atoms with Gasteiger partial charge in [0.25, 0.3) is 0 Å². The van der Waals surface area contributed by atoms with Crippen LogP contribution >= 0.6 is 0 Å². The zero-order chi connectivity index (χ0) is 15.9. The number of nitrogens with two attached hydrogens (primary N) is 1. The van der Waals surface area contributed by atoms with E-state index in [1.54, 1.807) is 0 Å². The van der Waals surface area contributed by atoms with E-state index in [1.807, 2.05) is 11.4 Å². The number of carbonyl (C=O) groups excluding carboxylic acids is 1. The second-order valence-electron chi connectivity index (χ2n) is 6.09. The van der Waals surface area contributed by atoms with Crippen LogP contribution in [0.5, 0.6) is 0 Å². The van der Waals surface area contributed by atoms with Gasteiger partial charge >= 0.3 is 0 Å². The number of anilines is 1. The molecule has 0 unspecified atom stereocenters. The van der Waals surface area contributed by atoms with Crippen LogP contribution in [0.1, 0.15) is 36.7 Å². The minimum Gasteiger partial charge on any atom is -0.369 e. The Kier molecular flexibility index (Phi) is 3.76. The zero-order valence-electron chi connectivity index (χ0n) is 13.5. The van der Waals surface area contributed by atoms with Gasteiger partial charge in [0.05, 0.1) is 11.6 Å². The van der Waals surface area contributed by atoms with Gasteiger partial charge in [-0.2, -0.15) is 9.61 Å². The van der Waals surface area contributed by atoms with E-state index in [9.17, 15) is 4.79 Å². The third kappa shape index (κ3) is 2.42. The van der Waals surface area contributed by atoms with Gasteiger partial charge < -0.3 is 10.6 Å². The second-order valence-corrected chi connectivity index (χ2v) is 6.09. The van der Waals surface area contributed by atoms with Crippen LogP contribution in [0.4, 0.5) is 5.82 Å². The normalized spacial score (nSPS) is 18.9. The van der Waals surface area contributed by atoms with Crippen molar-refractivity contribution in [2.24, 2.45) is 11.7 Å². The molecule has 118 valence electrons. The van der Waals surface area contributed by atoms with Crippen molar-refractivity contribution >= 4 is 17.4 Å². The molecule has 3 heterocycles. The number of piperidine rings is 1. The smallest absolute Gasteiger partial charge is 0.222 e. The van der Waals surface area contributed by atoms with Crippen LogP contribution in [0, 0.1) is 19.8 Å². The predicted octanol–water partition coefficient (Wildman–Crippen LogP) is 1.61. The van der Waals surface area contributed by atoms with Crippen molar-refractivity contribution in [3.63, 3.8) is 0 Å². The molecule has 0 bridgehead atoms. The lowest BCUT2D eigenvalue weighted by Crippen LogP contribution is -2.42. The minimum absolute atomic E-state index is 0.0835. The summed E-state index contributed by atoms with van der Waals surface area (Å²) in [5.74, 6) is 0.724. The van der Waals surface area contributed by atoms with Gasteiger partial charge in [0.1, 0.15) is 5.82 Å². The Morgan fingerprint density at radius 3 is 2.91 bits per heavy atom. The van der Waals surface area contributed by atoms with Crippen molar-refractivity contribution in [1.82, 2.24) is 14.6 Å². The molecule has 2 aromatic heterocycles. The number of aryl methyl sites for hydroxylation is 3. The van der Waals surface area contributed by atoms with Gasteiger partial charge in [-0.25, -0.2) is 4.98 Å². The number of nitrogens with zero attached hydrogens (tertiary/aromatic N) is 4. The molecule has 2 N–H and O–H groups in total. The van der Waals surface area contributed by atoms with Crippen molar-refractivity contribution in [2.75, 3.05) is 18.0 Å². The number of fused-ring (bicyclic) bond motifs is 1. The highest BCUT2D eigenvalue weighted by Crippen LogP contribution is 2.26. The number of carbonyl (C=O) groups is 1. The standard InChI is InChI=1S/C16H23N5O/c1-4-13-8-14(20-7-5-6-12(9-20)15(17)22)21-16(18-13)10(2)11(3)19-21/h8,12H,4-7,9H2,1-3H3,(H2,17,22)/t12-/m1/s1. The maximum absolute atomic E-state index is 11.5. The van der Waals surface area contributed by atoms with E-state index in [2.05, 4.69) is 29.9 Å². The minimum atomic E-state index is -0.210. The van der Waals surface area contributed by atoms with Crippen molar-refractivity contribution in [1.29, 1.82) is 0 Å². The Hall–Kier alpha value is -2.11. The molecule has 1 amide bonds. The average molecular weight is 301 g/mol. The van der Waals surface area contributed by atoms with Crippen LogP contribution in [-0.4, -0.2) is 33.6 Å². The summed E-state index contributed by atoms with van der Waals surface area (Å²) < 4.78 is 1.91. The van der Waals surface area contributed by atoms with E-state index in [0.29, 0.717) is 6.54 Å². The Bertz CT molecular complexity index is 721. The Labute approximate surface area is 130 Å². The van der Waals surface area contributed by atoms with Gasteiger partial charge in [-0.15, -0.1) is 0 Å². The highest BCUT2D eigenvalue weighted by atomic mass is 16.1. The quantitative estimate of drug-likeness (QED) is 0.934. The molecular weight excluding hydrogens is 278 g/mol. The van der Waals surface area contributed by atoms with Crippen LogP contribution in [0.15, 0.2) is 6.07 Å². The molecule has 0 saturated carbocycles. The lowest BCUT2D eigenvalue weighted by molar-refractivity contribution is -0.122.